The van der Waals surface area contributed by atoms with Crippen LogP contribution in [-0.4, -0.2) is 35.0 Å². The fourth-order valence-electron chi connectivity index (χ4n) is 1.66. The molecule has 0 bridgehead atoms. The fraction of sp³-hybridized carbons (Fsp3) is 0.538. The topological polar surface area (TPSA) is 57.6 Å². The van der Waals surface area contributed by atoms with Crippen molar-refractivity contribution in [3.8, 4) is 0 Å². The third-order valence-electron chi connectivity index (χ3n) is 3.01. The predicted molar refractivity (Wildman–Crippen MR) is 72.2 cm³/mol. The van der Waals surface area contributed by atoms with E-state index in [1.165, 1.54) is 35.8 Å². The Bertz CT molecular complexity index is 453. The molecular formula is C13H19NO3S. The van der Waals surface area contributed by atoms with Crippen molar-refractivity contribution in [3.05, 3.63) is 21.4 Å². The van der Waals surface area contributed by atoms with E-state index in [2.05, 4.69) is 6.92 Å². The molecule has 1 unspecified atom stereocenters. The molecule has 0 fully saturated rings. The summed E-state index contributed by atoms with van der Waals surface area (Å²) in [6.45, 7) is 5.60. The number of aryl methyl sites for hydroxylation is 2. The highest BCUT2D eigenvalue weighted by atomic mass is 32.1. The van der Waals surface area contributed by atoms with Crippen LogP contribution in [0.3, 0.4) is 0 Å². The molecule has 0 saturated heterocycles. The van der Waals surface area contributed by atoms with Gasteiger partial charge in [-0.3, -0.25) is 4.79 Å². The number of amides is 1. The first-order valence-electron chi connectivity index (χ1n) is 5.97. The van der Waals surface area contributed by atoms with E-state index in [1.54, 1.807) is 0 Å². The molecule has 1 aromatic heterocycles. The van der Waals surface area contributed by atoms with Gasteiger partial charge in [0.15, 0.2) is 0 Å². The van der Waals surface area contributed by atoms with Crippen LogP contribution in [0, 0.1) is 6.92 Å². The summed E-state index contributed by atoms with van der Waals surface area (Å²) in [5.74, 6) is -1.21. The molecule has 0 aromatic carbocycles. The van der Waals surface area contributed by atoms with Gasteiger partial charge in [0.05, 0.1) is 4.88 Å². The molecule has 0 aliphatic heterocycles. The van der Waals surface area contributed by atoms with E-state index in [1.807, 2.05) is 13.0 Å². The number of carbonyl (C=O) groups excluding carboxylic acids is 1. The first-order chi connectivity index (χ1) is 8.38. The largest absolute Gasteiger partial charge is 0.480 e. The van der Waals surface area contributed by atoms with Gasteiger partial charge in [0, 0.05) is 11.9 Å². The molecule has 1 aromatic rings. The van der Waals surface area contributed by atoms with Crippen molar-refractivity contribution in [2.45, 2.75) is 39.7 Å². The van der Waals surface area contributed by atoms with Crippen molar-refractivity contribution in [1.82, 2.24) is 4.90 Å². The molecule has 1 rings (SSSR count). The maximum atomic E-state index is 12.1. The van der Waals surface area contributed by atoms with Crippen molar-refractivity contribution in [2.75, 3.05) is 7.05 Å². The Morgan fingerprint density at radius 2 is 2.11 bits per heavy atom. The van der Waals surface area contributed by atoms with Gasteiger partial charge in [0.1, 0.15) is 6.04 Å². The van der Waals surface area contributed by atoms with Crippen molar-refractivity contribution in [2.24, 2.45) is 0 Å². The van der Waals surface area contributed by atoms with Crippen LogP contribution in [0.2, 0.25) is 0 Å². The monoisotopic (exact) mass is 269 g/mol. The lowest BCUT2D eigenvalue weighted by Crippen LogP contribution is -2.39. The molecule has 0 saturated carbocycles. The zero-order valence-electron chi connectivity index (χ0n) is 11.2. The van der Waals surface area contributed by atoms with E-state index in [4.69, 9.17) is 5.11 Å². The maximum Gasteiger partial charge on any atom is 0.326 e. The highest BCUT2D eigenvalue weighted by Crippen LogP contribution is 2.24. The van der Waals surface area contributed by atoms with E-state index < -0.39 is 12.0 Å². The average molecular weight is 269 g/mol. The van der Waals surface area contributed by atoms with Crippen molar-refractivity contribution >= 4 is 23.2 Å². The van der Waals surface area contributed by atoms with Gasteiger partial charge in [-0.15, -0.1) is 11.3 Å². The van der Waals surface area contributed by atoms with Gasteiger partial charge in [-0.25, -0.2) is 4.79 Å². The van der Waals surface area contributed by atoms with E-state index >= 15 is 0 Å². The zero-order chi connectivity index (χ0) is 13.9. The van der Waals surface area contributed by atoms with Crippen LogP contribution in [0.1, 0.15) is 40.4 Å². The molecular weight excluding hydrogens is 250 g/mol. The number of aliphatic carboxylic acids is 1. The number of nitrogens with zero attached hydrogens (tertiary/aromatic N) is 1. The standard InChI is InChI=1S/C13H19NO3S/c1-5-6-10-7-11(18-9(10)3)12(15)14(4)8(2)13(16)17/h7-8H,5-6H2,1-4H3,(H,16,17). The summed E-state index contributed by atoms with van der Waals surface area (Å²) in [5.41, 5.74) is 1.18. The third-order valence-corrected chi connectivity index (χ3v) is 4.09. The molecule has 1 atom stereocenters. The van der Waals surface area contributed by atoms with Crippen LogP contribution in [0.25, 0.3) is 0 Å². The summed E-state index contributed by atoms with van der Waals surface area (Å²) in [4.78, 5) is 26.0. The Labute approximate surface area is 111 Å². The fourth-order valence-corrected chi connectivity index (χ4v) is 2.71. The van der Waals surface area contributed by atoms with Crippen LogP contribution in [0.15, 0.2) is 6.07 Å². The van der Waals surface area contributed by atoms with Gasteiger partial charge in [-0.05, 0) is 31.9 Å². The van der Waals surface area contributed by atoms with Crippen molar-refractivity contribution in [1.29, 1.82) is 0 Å². The number of hydrogen-bond donors (Lipinski definition) is 1. The number of carbonyl (C=O) groups is 2. The van der Waals surface area contributed by atoms with Crippen LogP contribution in [-0.2, 0) is 11.2 Å². The summed E-state index contributed by atoms with van der Waals surface area (Å²) in [6.07, 6.45) is 1.99. The van der Waals surface area contributed by atoms with Crippen LogP contribution in [0.5, 0.6) is 0 Å². The van der Waals surface area contributed by atoms with Crippen LogP contribution >= 0.6 is 11.3 Å². The second kappa shape index (κ2) is 6.00. The van der Waals surface area contributed by atoms with Gasteiger partial charge in [0.2, 0.25) is 0 Å². The number of likely N-dealkylation sites (N-methyl/N-ethyl adjacent to an activating group) is 1. The molecule has 1 heterocycles. The molecule has 4 nitrogen and oxygen atoms in total. The van der Waals surface area contributed by atoms with Crippen LogP contribution in [0.4, 0.5) is 0 Å². The van der Waals surface area contributed by atoms with Gasteiger partial charge < -0.3 is 10.0 Å². The summed E-state index contributed by atoms with van der Waals surface area (Å²) < 4.78 is 0. The van der Waals surface area contributed by atoms with E-state index in [0.717, 1.165) is 17.7 Å². The molecule has 0 spiro atoms. The molecule has 18 heavy (non-hydrogen) atoms. The highest BCUT2D eigenvalue weighted by Gasteiger charge is 2.24. The molecule has 1 amide bonds. The molecule has 0 aliphatic rings. The third kappa shape index (κ3) is 3.10. The Hall–Kier alpha value is -1.36. The second-order valence-corrected chi connectivity index (χ2v) is 5.63. The average Bonchev–Trinajstić information content (AvgIpc) is 2.68. The minimum absolute atomic E-state index is 0.222. The number of thiophene rings is 1. The first-order valence-corrected chi connectivity index (χ1v) is 6.79. The van der Waals surface area contributed by atoms with Gasteiger partial charge in [-0.1, -0.05) is 13.3 Å². The van der Waals surface area contributed by atoms with Gasteiger partial charge in [-0.2, -0.15) is 0 Å². The van der Waals surface area contributed by atoms with Crippen molar-refractivity contribution < 1.29 is 14.7 Å². The molecule has 0 aliphatic carbocycles. The van der Waals surface area contributed by atoms with Gasteiger partial charge >= 0.3 is 5.97 Å². The van der Waals surface area contributed by atoms with E-state index in [0.29, 0.717) is 4.88 Å². The number of rotatable bonds is 5. The van der Waals surface area contributed by atoms with E-state index in [9.17, 15) is 9.59 Å². The summed E-state index contributed by atoms with van der Waals surface area (Å²) in [5, 5.41) is 8.90. The Morgan fingerprint density at radius 3 is 2.61 bits per heavy atom. The Balaban J connectivity index is 2.90. The normalized spacial score (nSPS) is 12.2. The molecule has 100 valence electrons. The lowest BCUT2D eigenvalue weighted by atomic mass is 10.1. The summed E-state index contributed by atoms with van der Waals surface area (Å²) >= 11 is 1.44. The van der Waals surface area contributed by atoms with E-state index in [-0.39, 0.29) is 5.91 Å². The summed E-state index contributed by atoms with van der Waals surface area (Å²) in [6, 6.07) is 1.08. The lowest BCUT2D eigenvalue weighted by molar-refractivity contribution is -0.141. The number of carboxylic acids is 1. The van der Waals surface area contributed by atoms with Crippen molar-refractivity contribution in [3.63, 3.8) is 0 Å². The first kappa shape index (κ1) is 14.7. The molecule has 5 heteroatoms. The smallest absolute Gasteiger partial charge is 0.326 e. The highest BCUT2D eigenvalue weighted by molar-refractivity contribution is 7.14. The maximum absolute atomic E-state index is 12.1. The zero-order valence-corrected chi connectivity index (χ0v) is 12.0. The Morgan fingerprint density at radius 1 is 1.50 bits per heavy atom. The second-order valence-electron chi connectivity index (χ2n) is 4.37. The molecule has 1 N–H and O–H groups in total. The minimum Gasteiger partial charge on any atom is -0.480 e. The predicted octanol–water partition coefficient (Wildman–Crippen LogP) is 2.55. The quantitative estimate of drug-likeness (QED) is 0.893. The number of hydrogen-bond acceptors (Lipinski definition) is 3. The Kier molecular flexibility index (Phi) is 4.90. The minimum atomic E-state index is -0.993. The lowest BCUT2D eigenvalue weighted by Gasteiger charge is -2.20. The summed E-state index contributed by atoms with van der Waals surface area (Å²) in [7, 11) is 1.52. The SMILES string of the molecule is CCCc1cc(C(=O)N(C)C(C)C(=O)O)sc1C. The van der Waals surface area contributed by atoms with Crippen LogP contribution < -0.4 is 0 Å². The molecule has 0 radical (unpaired) electrons. The van der Waals surface area contributed by atoms with Gasteiger partial charge in [0.25, 0.3) is 5.91 Å². The number of carboxylic acid groups (broad SMARTS) is 1.